The van der Waals surface area contributed by atoms with Gasteiger partial charge in [0.05, 0.1) is 17.3 Å². The van der Waals surface area contributed by atoms with E-state index in [4.69, 9.17) is 16.9 Å². The number of benzene rings is 2. The Kier molecular flexibility index (Phi) is 4.07. The number of carboxylic acids is 1. The van der Waals surface area contributed by atoms with Crippen molar-refractivity contribution in [3.8, 4) is 6.07 Å². The molecule has 0 saturated carbocycles. The lowest BCUT2D eigenvalue weighted by atomic mass is 10.0. The van der Waals surface area contributed by atoms with Crippen molar-refractivity contribution in [3.63, 3.8) is 0 Å². The van der Waals surface area contributed by atoms with Gasteiger partial charge in [-0.25, -0.2) is 0 Å². The number of carbonyl (C=O) groups is 2. The molecular weight excluding hydrogens is 328 g/mol. The van der Waals surface area contributed by atoms with Crippen LogP contribution in [0.4, 0.5) is 0 Å². The molecule has 0 aliphatic heterocycles. The predicted octanol–water partition coefficient (Wildman–Crippen LogP) is 2.22. The minimum Gasteiger partial charge on any atom is -0.550 e. The zero-order valence-electron chi connectivity index (χ0n) is 12.3. The normalized spacial score (nSPS) is 10.5. The zero-order valence-corrected chi connectivity index (χ0v) is 13.1. The van der Waals surface area contributed by atoms with Gasteiger partial charge in [0.1, 0.15) is 0 Å². The van der Waals surface area contributed by atoms with Crippen molar-refractivity contribution in [2.24, 2.45) is 0 Å². The van der Waals surface area contributed by atoms with Gasteiger partial charge in [-0.15, -0.1) is 0 Å². The largest absolute Gasteiger partial charge is 0.550 e. The minimum absolute atomic E-state index is 0.182. The Balaban J connectivity index is 2.14. The molecule has 24 heavy (non-hydrogen) atoms. The van der Waals surface area contributed by atoms with E-state index in [0.717, 1.165) is 0 Å². The van der Waals surface area contributed by atoms with Gasteiger partial charge in [-0.2, -0.15) is 5.26 Å². The second-order valence-electron chi connectivity index (χ2n) is 5.24. The molecule has 0 unspecified atom stereocenters. The molecule has 5 nitrogen and oxygen atoms in total. The van der Waals surface area contributed by atoms with Crippen molar-refractivity contribution in [1.82, 2.24) is 4.98 Å². The Morgan fingerprint density at radius 3 is 2.50 bits per heavy atom. The first-order valence-corrected chi connectivity index (χ1v) is 7.42. The molecule has 0 atom stereocenters. The van der Waals surface area contributed by atoms with E-state index in [1.807, 2.05) is 6.07 Å². The van der Waals surface area contributed by atoms with Crippen molar-refractivity contribution >= 4 is 34.3 Å². The highest BCUT2D eigenvalue weighted by molar-refractivity contribution is 6.31. The van der Waals surface area contributed by atoms with Crippen molar-refractivity contribution in [2.45, 2.75) is 6.42 Å². The van der Waals surface area contributed by atoms with Crippen LogP contribution in [0.1, 0.15) is 27.2 Å². The predicted molar refractivity (Wildman–Crippen MR) is 86.6 cm³/mol. The van der Waals surface area contributed by atoms with Crippen LogP contribution in [-0.4, -0.2) is 16.7 Å². The summed E-state index contributed by atoms with van der Waals surface area (Å²) in [6.07, 6.45) is -0.390. The summed E-state index contributed by atoms with van der Waals surface area (Å²) in [4.78, 5) is 26.8. The molecule has 1 heterocycles. The van der Waals surface area contributed by atoms with E-state index < -0.39 is 5.97 Å². The van der Waals surface area contributed by atoms with Crippen molar-refractivity contribution in [3.05, 3.63) is 69.9 Å². The van der Waals surface area contributed by atoms with Gasteiger partial charge in [0.2, 0.25) is 5.78 Å². The molecule has 3 aromatic rings. The molecule has 2 aromatic carbocycles. The average Bonchev–Trinajstić information content (AvgIpc) is 2.91. The van der Waals surface area contributed by atoms with E-state index in [2.05, 4.69) is 4.98 Å². The second kappa shape index (κ2) is 6.19. The Morgan fingerprint density at radius 1 is 1.17 bits per heavy atom. The van der Waals surface area contributed by atoms with E-state index in [9.17, 15) is 14.7 Å². The van der Waals surface area contributed by atoms with E-state index in [-0.39, 0.29) is 17.9 Å². The Morgan fingerprint density at radius 2 is 1.88 bits per heavy atom. The molecule has 0 fully saturated rings. The van der Waals surface area contributed by atoms with Gasteiger partial charge in [0, 0.05) is 33.9 Å². The monoisotopic (exact) mass is 337 g/mol. The SMILES string of the molecule is N#Cc1ccc(C(=O)c2[nH]c3cc(Cl)ccc3c2CC(=O)[O-])cc1. The number of hydrogen-bond acceptors (Lipinski definition) is 4. The summed E-state index contributed by atoms with van der Waals surface area (Å²) < 4.78 is 0. The third-order valence-electron chi connectivity index (χ3n) is 3.69. The Bertz CT molecular complexity index is 998. The Labute approximate surface area is 142 Å². The topological polar surface area (TPSA) is 96.8 Å². The molecule has 118 valence electrons. The van der Waals surface area contributed by atoms with Crippen LogP contribution in [0, 0.1) is 11.3 Å². The minimum atomic E-state index is -1.28. The fourth-order valence-corrected chi connectivity index (χ4v) is 2.76. The van der Waals surface area contributed by atoms with Gasteiger partial charge in [-0.1, -0.05) is 17.7 Å². The van der Waals surface area contributed by atoms with Crippen molar-refractivity contribution in [2.75, 3.05) is 0 Å². The smallest absolute Gasteiger partial charge is 0.209 e. The number of aromatic amines is 1. The van der Waals surface area contributed by atoms with Crippen LogP contribution in [0.3, 0.4) is 0 Å². The number of fused-ring (bicyclic) bond motifs is 1. The Hall–Kier alpha value is -3.10. The van der Waals surface area contributed by atoms with Crippen LogP contribution in [0.2, 0.25) is 5.02 Å². The lowest BCUT2D eigenvalue weighted by molar-refractivity contribution is -0.304. The lowest BCUT2D eigenvalue weighted by Crippen LogP contribution is -2.25. The molecule has 0 saturated heterocycles. The number of carboxylic acid groups (broad SMARTS) is 1. The van der Waals surface area contributed by atoms with Gasteiger partial charge >= 0.3 is 0 Å². The molecule has 0 spiro atoms. The van der Waals surface area contributed by atoms with Crippen LogP contribution in [0.5, 0.6) is 0 Å². The fourth-order valence-electron chi connectivity index (χ4n) is 2.59. The van der Waals surface area contributed by atoms with Crippen molar-refractivity contribution < 1.29 is 14.7 Å². The first kappa shape index (κ1) is 15.8. The number of hydrogen-bond donors (Lipinski definition) is 1. The summed E-state index contributed by atoms with van der Waals surface area (Å²) in [7, 11) is 0. The van der Waals surface area contributed by atoms with Gasteiger partial charge < -0.3 is 14.9 Å². The van der Waals surface area contributed by atoms with E-state index in [0.29, 0.717) is 32.6 Å². The number of H-pyrrole nitrogens is 1. The lowest BCUT2D eigenvalue weighted by Gasteiger charge is -2.05. The molecule has 0 amide bonds. The summed E-state index contributed by atoms with van der Waals surface area (Å²) in [5, 5.41) is 21.0. The molecular formula is C18H10ClN2O3-. The summed E-state index contributed by atoms with van der Waals surface area (Å²) >= 11 is 5.95. The number of halogens is 1. The molecule has 0 aliphatic rings. The molecule has 3 rings (SSSR count). The summed E-state index contributed by atoms with van der Waals surface area (Å²) in [6.45, 7) is 0. The van der Waals surface area contributed by atoms with E-state index in [1.165, 1.54) is 24.3 Å². The van der Waals surface area contributed by atoms with Crippen LogP contribution in [-0.2, 0) is 11.2 Å². The van der Waals surface area contributed by atoms with E-state index in [1.54, 1.807) is 18.2 Å². The summed E-state index contributed by atoms with van der Waals surface area (Å²) in [5.74, 6) is -1.64. The van der Waals surface area contributed by atoms with Crippen molar-refractivity contribution in [1.29, 1.82) is 5.26 Å². The van der Waals surface area contributed by atoms with Gasteiger partial charge in [0.15, 0.2) is 0 Å². The number of nitriles is 1. The number of carbonyl (C=O) groups excluding carboxylic acids is 2. The van der Waals surface area contributed by atoms with Gasteiger partial charge in [0.25, 0.3) is 0 Å². The summed E-state index contributed by atoms with van der Waals surface area (Å²) in [6, 6.07) is 13.0. The highest BCUT2D eigenvalue weighted by atomic mass is 35.5. The van der Waals surface area contributed by atoms with Gasteiger partial charge in [-0.3, -0.25) is 4.79 Å². The summed E-state index contributed by atoms with van der Waals surface area (Å²) in [5.41, 5.74) is 1.91. The zero-order chi connectivity index (χ0) is 17.3. The molecule has 0 aliphatic carbocycles. The first-order valence-electron chi connectivity index (χ1n) is 7.04. The van der Waals surface area contributed by atoms with Crippen LogP contribution in [0.15, 0.2) is 42.5 Å². The molecule has 6 heteroatoms. The number of nitrogens with one attached hydrogen (secondary N) is 1. The van der Waals surface area contributed by atoms with Crippen LogP contribution < -0.4 is 5.11 Å². The second-order valence-corrected chi connectivity index (χ2v) is 5.67. The number of rotatable bonds is 4. The van der Waals surface area contributed by atoms with Gasteiger partial charge in [-0.05, 0) is 42.0 Å². The molecule has 1 aromatic heterocycles. The third-order valence-corrected chi connectivity index (χ3v) is 3.93. The number of aromatic nitrogens is 1. The standard InChI is InChI=1S/C18H11ClN2O3/c19-12-5-6-13-14(8-16(22)23)17(21-15(13)7-12)18(24)11-3-1-10(9-20)2-4-11/h1-7,21H,8H2,(H,22,23)/p-1. The maximum absolute atomic E-state index is 12.7. The third kappa shape index (κ3) is 2.87. The van der Waals surface area contributed by atoms with Crippen LogP contribution in [0.25, 0.3) is 10.9 Å². The van der Waals surface area contributed by atoms with Crippen LogP contribution >= 0.6 is 11.6 Å². The maximum atomic E-state index is 12.7. The number of ketones is 1. The molecule has 1 N–H and O–H groups in total. The maximum Gasteiger partial charge on any atom is 0.209 e. The quantitative estimate of drug-likeness (QED) is 0.738. The van der Waals surface area contributed by atoms with E-state index >= 15 is 0 Å². The fraction of sp³-hybridized carbons (Fsp3) is 0.0556. The number of nitrogens with zero attached hydrogens (tertiary/aromatic N) is 1. The number of aliphatic carboxylic acids is 1. The highest BCUT2D eigenvalue weighted by Gasteiger charge is 2.19. The molecule has 0 bridgehead atoms. The first-order chi connectivity index (χ1) is 11.5. The highest BCUT2D eigenvalue weighted by Crippen LogP contribution is 2.27. The molecule has 0 radical (unpaired) electrons. The average molecular weight is 338 g/mol.